The van der Waals surface area contributed by atoms with Crippen molar-refractivity contribution in [2.75, 3.05) is 13.2 Å². The molecule has 1 aliphatic rings. The van der Waals surface area contributed by atoms with Gasteiger partial charge >= 0.3 is 0 Å². The van der Waals surface area contributed by atoms with E-state index < -0.39 is 0 Å². The first kappa shape index (κ1) is 27.6. The zero-order chi connectivity index (χ0) is 25.8. The minimum Gasteiger partial charge on any atom is -0.489 e. The number of fused-ring (bicyclic) bond motifs is 5. The van der Waals surface area contributed by atoms with E-state index in [1.807, 2.05) is 12.1 Å². The Hall–Kier alpha value is -1.38. The lowest BCUT2D eigenvalue weighted by Crippen LogP contribution is -2.14. The highest BCUT2D eigenvalue weighted by Gasteiger charge is 2.36. The lowest BCUT2D eigenvalue weighted by molar-refractivity contribution is 0.0973. The highest BCUT2D eigenvalue weighted by Crippen LogP contribution is 2.48. The summed E-state index contributed by atoms with van der Waals surface area (Å²) in [6.45, 7) is 10.2. The van der Waals surface area contributed by atoms with Crippen LogP contribution < -0.4 is 9.47 Å². The third-order valence-electron chi connectivity index (χ3n) is 7.22. The molecule has 2 unspecified atom stereocenters. The molecule has 2 aromatic heterocycles. The van der Waals surface area contributed by atoms with Gasteiger partial charge < -0.3 is 9.47 Å². The first-order valence-electron chi connectivity index (χ1n) is 13.3. The van der Waals surface area contributed by atoms with Crippen LogP contribution in [-0.2, 0) is 0 Å². The number of ether oxygens (including phenoxy) is 2. The van der Waals surface area contributed by atoms with E-state index in [0.717, 1.165) is 55.6 Å². The molecule has 0 amide bonds. The van der Waals surface area contributed by atoms with Crippen molar-refractivity contribution in [3.8, 4) is 22.9 Å². The molecule has 3 heterocycles. The van der Waals surface area contributed by atoms with Gasteiger partial charge in [0.15, 0.2) is 17.3 Å². The smallest absolute Gasteiger partial charge is 0.266 e. The second kappa shape index (κ2) is 12.4. The van der Waals surface area contributed by atoms with Crippen LogP contribution in [0.15, 0.2) is 19.7 Å². The Morgan fingerprint density at radius 1 is 0.889 bits per heavy atom. The van der Waals surface area contributed by atoms with Gasteiger partial charge in [0.05, 0.1) is 42.9 Å². The van der Waals surface area contributed by atoms with Crippen LogP contribution in [0.3, 0.4) is 0 Å². The summed E-state index contributed by atoms with van der Waals surface area (Å²) in [5.74, 6) is 3.04. The number of thiophene rings is 1. The number of rotatable bonds is 14. The fourth-order valence-electron chi connectivity index (χ4n) is 4.78. The molecule has 0 spiro atoms. The summed E-state index contributed by atoms with van der Waals surface area (Å²) in [4.78, 5) is 18.3. The van der Waals surface area contributed by atoms with Crippen LogP contribution in [0.4, 0.5) is 0 Å². The number of carbonyl (C=O) groups excluding carboxylic acids is 1. The van der Waals surface area contributed by atoms with Crippen molar-refractivity contribution in [3.63, 3.8) is 0 Å². The molecular weight excluding hydrogens is 604 g/mol. The van der Waals surface area contributed by atoms with Crippen molar-refractivity contribution in [1.82, 2.24) is 9.55 Å². The van der Waals surface area contributed by atoms with Gasteiger partial charge in [0, 0.05) is 12.1 Å². The summed E-state index contributed by atoms with van der Waals surface area (Å²) in [6, 6.07) is 3.91. The van der Waals surface area contributed by atoms with Crippen molar-refractivity contribution in [1.29, 1.82) is 0 Å². The largest absolute Gasteiger partial charge is 0.489 e. The van der Waals surface area contributed by atoms with Gasteiger partial charge in [0.2, 0.25) is 0 Å². The molecule has 1 aliphatic heterocycles. The maximum Gasteiger partial charge on any atom is 0.266 e. The molecule has 1 aromatic carbocycles. The van der Waals surface area contributed by atoms with Crippen LogP contribution in [0, 0.1) is 11.8 Å². The van der Waals surface area contributed by atoms with Gasteiger partial charge in [-0.2, -0.15) is 0 Å². The number of aromatic nitrogens is 2. The van der Waals surface area contributed by atoms with Crippen molar-refractivity contribution < 1.29 is 14.3 Å². The molecule has 0 bridgehead atoms. The summed E-state index contributed by atoms with van der Waals surface area (Å²) < 4.78 is 16.3. The first-order chi connectivity index (χ1) is 17.4. The van der Waals surface area contributed by atoms with E-state index in [2.05, 4.69) is 59.6 Å². The molecule has 0 aliphatic carbocycles. The summed E-state index contributed by atoms with van der Waals surface area (Å²) >= 11 is 8.68. The highest BCUT2D eigenvalue weighted by molar-refractivity contribution is 9.12. The molecule has 3 aromatic rings. The molecule has 8 heteroatoms. The quantitative estimate of drug-likeness (QED) is 0.138. The summed E-state index contributed by atoms with van der Waals surface area (Å²) in [6.07, 6.45) is 9.28. The molecule has 2 atom stereocenters. The van der Waals surface area contributed by atoms with Crippen LogP contribution >= 0.6 is 43.2 Å². The monoisotopic (exact) mass is 638 g/mol. The minimum atomic E-state index is -0.0593. The average molecular weight is 640 g/mol. The maximum absolute atomic E-state index is 13.4. The fraction of sp³-hybridized carbons (Fsp3) is 0.571. The van der Waals surface area contributed by atoms with Crippen LogP contribution in [0.1, 0.15) is 89.4 Å². The molecule has 36 heavy (non-hydrogen) atoms. The molecular formula is C28H36Br2N2O3S. The number of imidazole rings is 1. The number of hydrogen-bond donors (Lipinski definition) is 0. The van der Waals surface area contributed by atoms with Crippen molar-refractivity contribution in [3.05, 3.63) is 25.3 Å². The SMILES string of the molecule is CCCCC(CC)COc1cc2nc3n(c2cc1OCC(CC)CCCC)C(=O)c1c(Br)sc(Br)c1-3. The zero-order valence-corrected chi connectivity index (χ0v) is 25.7. The fourth-order valence-corrected chi connectivity index (χ4v) is 7.89. The van der Waals surface area contributed by atoms with Gasteiger partial charge in [0.25, 0.3) is 5.91 Å². The van der Waals surface area contributed by atoms with Gasteiger partial charge in [-0.15, -0.1) is 11.3 Å². The molecule has 0 N–H and O–H groups in total. The number of carbonyl (C=O) groups is 1. The van der Waals surface area contributed by atoms with Crippen LogP contribution in [0.25, 0.3) is 22.4 Å². The lowest BCUT2D eigenvalue weighted by Gasteiger charge is -2.20. The van der Waals surface area contributed by atoms with E-state index in [9.17, 15) is 4.79 Å². The van der Waals surface area contributed by atoms with E-state index in [0.29, 0.717) is 42.2 Å². The van der Waals surface area contributed by atoms with Crippen molar-refractivity contribution >= 4 is 60.1 Å². The minimum absolute atomic E-state index is 0.0593. The average Bonchev–Trinajstić information content (AvgIpc) is 3.48. The molecule has 0 radical (unpaired) electrons. The zero-order valence-electron chi connectivity index (χ0n) is 21.7. The molecule has 0 saturated carbocycles. The summed E-state index contributed by atoms with van der Waals surface area (Å²) in [7, 11) is 0. The van der Waals surface area contributed by atoms with E-state index in [4.69, 9.17) is 14.5 Å². The Kier molecular flexibility index (Phi) is 9.56. The Bertz CT molecular complexity index is 1220. The number of hydrogen-bond acceptors (Lipinski definition) is 5. The normalized spacial score (nSPS) is 14.2. The topological polar surface area (TPSA) is 53.4 Å². The Balaban J connectivity index is 1.69. The highest BCUT2D eigenvalue weighted by atomic mass is 79.9. The third-order valence-corrected chi connectivity index (χ3v) is 9.75. The van der Waals surface area contributed by atoms with E-state index in [1.54, 1.807) is 4.57 Å². The van der Waals surface area contributed by atoms with E-state index in [1.165, 1.54) is 37.0 Å². The Labute approximate surface area is 235 Å². The standard InChI is InChI=1S/C28H36Br2N2O3S/c1-5-9-11-17(7-3)15-34-21-13-19-20(14-22(21)35-16-18(8-4)12-10-6-2)32-27(31-19)23-24(28(32)33)26(30)36-25(23)29/h13-14,17-18H,5-12,15-16H2,1-4H3. The van der Waals surface area contributed by atoms with Gasteiger partial charge in [-0.1, -0.05) is 66.2 Å². The second-order valence-electron chi connectivity index (χ2n) is 9.72. The number of halogens is 2. The van der Waals surface area contributed by atoms with Gasteiger partial charge in [0.1, 0.15) is 0 Å². The first-order valence-corrected chi connectivity index (χ1v) is 15.7. The van der Waals surface area contributed by atoms with Crippen molar-refractivity contribution in [2.24, 2.45) is 11.8 Å². The molecule has 0 saturated heterocycles. The van der Waals surface area contributed by atoms with Gasteiger partial charge in [-0.3, -0.25) is 9.36 Å². The molecule has 0 fully saturated rings. The lowest BCUT2D eigenvalue weighted by atomic mass is 10.0. The molecule has 196 valence electrons. The summed E-state index contributed by atoms with van der Waals surface area (Å²) in [5.41, 5.74) is 3.04. The molecule has 4 rings (SSSR count). The van der Waals surface area contributed by atoms with Gasteiger partial charge in [-0.25, -0.2) is 4.98 Å². The Morgan fingerprint density at radius 2 is 1.44 bits per heavy atom. The van der Waals surface area contributed by atoms with Crippen LogP contribution in [0.2, 0.25) is 0 Å². The van der Waals surface area contributed by atoms with Crippen molar-refractivity contribution in [2.45, 2.75) is 79.1 Å². The molecule has 5 nitrogen and oxygen atoms in total. The van der Waals surface area contributed by atoms with Crippen LogP contribution in [0.5, 0.6) is 11.5 Å². The van der Waals surface area contributed by atoms with E-state index >= 15 is 0 Å². The number of unbranched alkanes of at least 4 members (excludes halogenated alkanes) is 2. The van der Waals surface area contributed by atoms with Crippen LogP contribution in [-0.4, -0.2) is 28.7 Å². The van der Waals surface area contributed by atoms with Gasteiger partial charge in [-0.05, 0) is 56.5 Å². The predicted molar refractivity (Wildman–Crippen MR) is 156 cm³/mol. The Morgan fingerprint density at radius 3 is 2.00 bits per heavy atom. The number of nitrogens with zero attached hydrogens (tertiary/aromatic N) is 2. The number of benzene rings is 1. The third kappa shape index (κ3) is 5.56. The maximum atomic E-state index is 13.4. The van der Waals surface area contributed by atoms with E-state index in [-0.39, 0.29) is 5.91 Å². The predicted octanol–water partition coefficient (Wildman–Crippen LogP) is 9.48. The second-order valence-corrected chi connectivity index (χ2v) is 13.4. The summed E-state index contributed by atoms with van der Waals surface area (Å²) in [5, 5.41) is 0.